The predicted molar refractivity (Wildman–Crippen MR) is 98.7 cm³/mol. The normalized spacial score (nSPS) is 17.3. The highest BCUT2D eigenvalue weighted by Gasteiger charge is 2.28. The van der Waals surface area contributed by atoms with Crippen molar-refractivity contribution < 1.29 is 9.53 Å². The Hall–Kier alpha value is -1.60. The van der Waals surface area contributed by atoms with Crippen LogP contribution in [0.5, 0.6) is 0 Å². The maximum absolute atomic E-state index is 12.1. The molecule has 1 aliphatic heterocycles. The second-order valence-electron chi connectivity index (χ2n) is 7.69. The van der Waals surface area contributed by atoms with Gasteiger partial charge >= 0.3 is 6.03 Å². The number of nitrogens with zero attached hydrogens (tertiary/aromatic N) is 3. The van der Waals surface area contributed by atoms with Gasteiger partial charge in [-0.1, -0.05) is 6.92 Å². The van der Waals surface area contributed by atoms with Crippen LogP contribution < -0.4 is 10.6 Å². The van der Waals surface area contributed by atoms with Gasteiger partial charge in [-0.2, -0.15) is 5.10 Å². The van der Waals surface area contributed by atoms with Crippen molar-refractivity contribution in [2.75, 3.05) is 39.4 Å². The minimum Gasteiger partial charge on any atom is -0.379 e. The van der Waals surface area contributed by atoms with E-state index in [1.54, 1.807) is 0 Å². The summed E-state index contributed by atoms with van der Waals surface area (Å²) in [5.41, 5.74) is 2.11. The van der Waals surface area contributed by atoms with Gasteiger partial charge in [0.05, 0.1) is 18.9 Å². The van der Waals surface area contributed by atoms with Crippen LogP contribution in [0.3, 0.4) is 0 Å². The summed E-state index contributed by atoms with van der Waals surface area (Å²) in [5, 5.41) is 10.4. The summed E-state index contributed by atoms with van der Waals surface area (Å²) in [4.78, 5) is 14.5. The lowest BCUT2D eigenvalue weighted by Crippen LogP contribution is -2.56. The second kappa shape index (κ2) is 8.67. The number of nitrogens with one attached hydrogen (secondary N) is 2. The van der Waals surface area contributed by atoms with E-state index in [0.717, 1.165) is 44.2 Å². The summed E-state index contributed by atoms with van der Waals surface area (Å²) >= 11 is 0. The largest absolute Gasteiger partial charge is 0.379 e. The number of morpholine rings is 1. The number of rotatable bonds is 7. The molecule has 1 unspecified atom stereocenters. The van der Waals surface area contributed by atoms with Crippen LogP contribution in [0.4, 0.5) is 4.79 Å². The molecular weight excluding hydrogens is 318 g/mol. The van der Waals surface area contributed by atoms with Crippen LogP contribution >= 0.6 is 0 Å². The lowest BCUT2D eigenvalue weighted by atomic mass is 10.0. The number of hydrogen-bond donors (Lipinski definition) is 2. The summed E-state index contributed by atoms with van der Waals surface area (Å²) in [5.74, 6) is 0.316. The lowest BCUT2D eigenvalue weighted by molar-refractivity contribution is -0.00875. The molecule has 7 heteroatoms. The molecule has 7 nitrogen and oxygen atoms in total. The van der Waals surface area contributed by atoms with E-state index in [2.05, 4.69) is 54.4 Å². The van der Waals surface area contributed by atoms with Gasteiger partial charge in [-0.25, -0.2) is 4.79 Å². The number of urea groups is 1. The van der Waals surface area contributed by atoms with Gasteiger partial charge in [-0.15, -0.1) is 0 Å². The van der Waals surface area contributed by atoms with E-state index in [1.165, 1.54) is 0 Å². The smallest absolute Gasteiger partial charge is 0.314 e. The molecule has 0 aromatic carbocycles. The van der Waals surface area contributed by atoms with Crippen molar-refractivity contribution in [3.05, 3.63) is 17.5 Å². The van der Waals surface area contributed by atoms with Crippen molar-refractivity contribution in [2.24, 2.45) is 5.92 Å². The molecule has 2 rings (SSSR count). The molecule has 1 aromatic rings. The fraction of sp³-hybridized carbons (Fsp3) is 0.778. The van der Waals surface area contributed by atoms with Crippen LogP contribution in [0.15, 0.2) is 6.07 Å². The molecule has 0 radical (unpaired) electrons. The van der Waals surface area contributed by atoms with Gasteiger partial charge in [0, 0.05) is 44.0 Å². The van der Waals surface area contributed by atoms with E-state index in [0.29, 0.717) is 19.0 Å². The Labute approximate surface area is 151 Å². The number of amides is 2. The van der Waals surface area contributed by atoms with E-state index in [-0.39, 0.29) is 11.6 Å². The minimum atomic E-state index is -0.110. The Morgan fingerprint density at radius 2 is 2.00 bits per heavy atom. The summed E-state index contributed by atoms with van der Waals surface area (Å²) in [6, 6.07) is 1.96. The van der Waals surface area contributed by atoms with Crippen molar-refractivity contribution in [3.63, 3.8) is 0 Å². The Balaban J connectivity index is 1.70. The molecule has 1 fully saturated rings. The van der Waals surface area contributed by atoms with Crippen LogP contribution in [-0.4, -0.2) is 65.6 Å². The highest BCUT2D eigenvalue weighted by molar-refractivity contribution is 5.73. The third kappa shape index (κ3) is 6.01. The minimum absolute atomic E-state index is 0.0730. The summed E-state index contributed by atoms with van der Waals surface area (Å²) in [6.45, 7) is 15.9. The van der Waals surface area contributed by atoms with Crippen LogP contribution in [-0.2, 0) is 11.3 Å². The van der Waals surface area contributed by atoms with E-state index >= 15 is 0 Å². The molecule has 0 aliphatic carbocycles. The fourth-order valence-electron chi connectivity index (χ4n) is 3.13. The molecule has 1 aliphatic rings. The van der Waals surface area contributed by atoms with Crippen molar-refractivity contribution in [1.29, 1.82) is 0 Å². The first-order valence-electron chi connectivity index (χ1n) is 9.13. The van der Waals surface area contributed by atoms with Crippen molar-refractivity contribution in [1.82, 2.24) is 25.3 Å². The maximum atomic E-state index is 12.1. The van der Waals surface area contributed by atoms with E-state index < -0.39 is 0 Å². The maximum Gasteiger partial charge on any atom is 0.314 e. The molecule has 1 aromatic heterocycles. The molecular formula is C18H33N5O2. The molecule has 2 N–H and O–H groups in total. The zero-order chi connectivity index (χ0) is 18.4. The van der Waals surface area contributed by atoms with E-state index in [9.17, 15) is 4.79 Å². The second-order valence-corrected chi connectivity index (χ2v) is 7.69. The Bertz CT molecular complexity index is 564. The lowest BCUT2D eigenvalue weighted by Gasteiger charge is -2.40. The number of carbonyl (C=O) groups excluding carboxylic acids is 1. The van der Waals surface area contributed by atoms with Crippen molar-refractivity contribution in [2.45, 2.75) is 46.7 Å². The van der Waals surface area contributed by atoms with E-state index in [1.807, 2.05) is 11.6 Å². The molecule has 142 valence electrons. The molecule has 2 amide bonds. The van der Waals surface area contributed by atoms with Crippen LogP contribution in [0.1, 0.15) is 32.2 Å². The topological polar surface area (TPSA) is 71.4 Å². The Morgan fingerprint density at radius 3 is 2.60 bits per heavy atom. The zero-order valence-electron chi connectivity index (χ0n) is 16.3. The number of aromatic nitrogens is 2. The molecule has 0 bridgehead atoms. The summed E-state index contributed by atoms with van der Waals surface area (Å²) in [6.07, 6.45) is 0. The number of carbonyl (C=O) groups is 1. The van der Waals surface area contributed by atoms with Gasteiger partial charge in [0.15, 0.2) is 0 Å². The fourth-order valence-corrected chi connectivity index (χ4v) is 3.13. The molecule has 1 saturated heterocycles. The van der Waals surface area contributed by atoms with Gasteiger partial charge < -0.3 is 15.4 Å². The molecule has 25 heavy (non-hydrogen) atoms. The number of hydrogen-bond acceptors (Lipinski definition) is 4. The third-order valence-corrected chi connectivity index (χ3v) is 4.75. The van der Waals surface area contributed by atoms with E-state index in [4.69, 9.17) is 4.74 Å². The first-order chi connectivity index (χ1) is 11.8. The first-order valence-corrected chi connectivity index (χ1v) is 9.13. The highest BCUT2D eigenvalue weighted by atomic mass is 16.5. The molecule has 0 saturated carbocycles. The Morgan fingerprint density at radius 1 is 1.32 bits per heavy atom. The number of aryl methyl sites for hydroxylation is 2. The quantitative estimate of drug-likeness (QED) is 0.782. The van der Waals surface area contributed by atoms with Gasteiger partial charge in [0.25, 0.3) is 0 Å². The van der Waals surface area contributed by atoms with Crippen molar-refractivity contribution in [3.8, 4) is 0 Å². The van der Waals surface area contributed by atoms with Crippen LogP contribution in [0.25, 0.3) is 0 Å². The average molecular weight is 351 g/mol. The van der Waals surface area contributed by atoms with Crippen molar-refractivity contribution >= 4 is 6.03 Å². The molecule has 2 heterocycles. The predicted octanol–water partition coefficient (Wildman–Crippen LogP) is 1.55. The number of ether oxygens (including phenoxy) is 1. The van der Waals surface area contributed by atoms with Gasteiger partial charge in [-0.05, 0) is 39.7 Å². The SMILES string of the molecule is Cc1cc(C)n(CC(C)CNC(=O)NCC(C)(C)N2CCOCC2)n1. The van der Waals surface area contributed by atoms with Crippen LogP contribution in [0, 0.1) is 19.8 Å². The molecule has 1 atom stereocenters. The third-order valence-electron chi connectivity index (χ3n) is 4.75. The van der Waals surface area contributed by atoms with Gasteiger partial charge in [0.1, 0.15) is 0 Å². The summed E-state index contributed by atoms with van der Waals surface area (Å²) in [7, 11) is 0. The summed E-state index contributed by atoms with van der Waals surface area (Å²) < 4.78 is 7.40. The van der Waals surface area contributed by atoms with Gasteiger partial charge in [0.2, 0.25) is 0 Å². The highest BCUT2D eigenvalue weighted by Crippen LogP contribution is 2.15. The van der Waals surface area contributed by atoms with Crippen LogP contribution in [0.2, 0.25) is 0 Å². The standard InChI is InChI=1S/C18H33N5O2/c1-14(12-23-16(3)10-15(2)21-23)11-19-17(24)20-13-18(4,5)22-6-8-25-9-7-22/h10,14H,6-9,11-13H2,1-5H3,(H2,19,20,24). The monoisotopic (exact) mass is 351 g/mol. The average Bonchev–Trinajstić information content (AvgIpc) is 2.89. The first kappa shape index (κ1) is 19.7. The molecule has 0 spiro atoms. The Kier molecular flexibility index (Phi) is 6.84. The zero-order valence-corrected chi connectivity index (χ0v) is 16.3. The van der Waals surface area contributed by atoms with Gasteiger partial charge in [-0.3, -0.25) is 9.58 Å².